The zero-order valence-corrected chi connectivity index (χ0v) is 10.2. The summed E-state index contributed by atoms with van der Waals surface area (Å²) < 4.78 is 4.60. The third kappa shape index (κ3) is 3.05. The molecule has 0 saturated carbocycles. The quantitative estimate of drug-likeness (QED) is 0.522. The Morgan fingerprint density at radius 3 is 2.07 bits per heavy atom. The minimum atomic E-state index is -0.382. The lowest BCUT2D eigenvalue weighted by Gasteiger charge is -2.34. The summed E-state index contributed by atoms with van der Waals surface area (Å²) in [4.78, 5) is 22.5. The molecule has 1 atom stereocenters. The predicted octanol–water partition coefficient (Wildman–Crippen LogP) is 2.54. The van der Waals surface area contributed by atoms with Crippen molar-refractivity contribution < 1.29 is 14.3 Å². The van der Waals surface area contributed by atoms with E-state index in [1.54, 1.807) is 0 Å². The highest BCUT2D eigenvalue weighted by Gasteiger charge is 2.45. The molecule has 86 valence electrons. The van der Waals surface area contributed by atoms with Crippen LogP contribution in [0.3, 0.4) is 0 Å². The van der Waals surface area contributed by atoms with E-state index in [0.29, 0.717) is 0 Å². The molecule has 15 heavy (non-hydrogen) atoms. The van der Waals surface area contributed by atoms with Crippen molar-refractivity contribution in [3.05, 3.63) is 0 Å². The first-order valence-electron chi connectivity index (χ1n) is 5.36. The molecule has 1 saturated heterocycles. The molecule has 0 radical (unpaired) electrons. The Morgan fingerprint density at radius 1 is 1.20 bits per heavy atom. The number of carbonyl (C=O) groups excluding carboxylic acids is 2. The maximum absolute atomic E-state index is 11.5. The van der Waals surface area contributed by atoms with Crippen molar-refractivity contribution in [2.45, 2.75) is 47.5 Å². The van der Waals surface area contributed by atoms with Crippen LogP contribution in [0, 0.1) is 16.7 Å². The van der Waals surface area contributed by atoms with Gasteiger partial charge in [-0.25, -0.2) is 0 Å². The van der Waals surface area contributed by atoms with Gasteiger partial charge in [-0.1, -0.05) is 34.6 Å². The van der Waals surface area contributed by atoms with E-state index in [-0.39, 0.29) is 35.1 Å². The first-order chi connectivity index (χ1) is 6.62. The van der Waals surface area contributed by atoms with E-state index in [2.05, 4.69) is 25.5 Å². The number of esters is 2. The fourth-order valence-corrected chi connectivity index (χ4v) is 2.56. The number of rotatable bonds is 2. The molecule has 0 aliphatic carbocycles. The van der Waals surface area contributed by atoms with E-state index in [9.17, 15) is 9.59 Å². The van der Waals surface area contributed by atoms with Crippen molar-refractivity contribution in [3.8, 4) is 0 Å². The minimum Gasteiger partial charge on any atom is -0.393 e. The number of cyclic esters (lactones) is 2. The fraction of sp³-hybridized carbons (Fsp3) is 0.833. The molecule has 0 amide bonds. The molecule has 0 spiro atoms. The van der Waals surface area contributed by atoms with E-state index in [1.165, 1.54) is 0 Å². The first kappa shape index (κ1) is 12.2. The molecule has 3 heteroatoms. The Bertz CT molecular complexity index is 284. The molecule has 1 fully saturated rings. The summed E-state index contributed by atoms with van der Waals surface area (Å²) in [7, 11) is 0. The van der Waals surface area contributed by atoms with Crippen LogP contribution in [0.4, 0.5) is 0 Å². The Balaban J connectivity index is 2.78. The third-order valence-corrected chi connectivity index (χ3v) is 2.80. The molecule has 0 aromatic carbocycles. The zero-order valence-electron chi connectivity index (χ0n) is 10.2. The number of hydrogen-bond donors (Lipinski definition) is 0. The van der Waals surface area contributed by atoms with Gasteiger partial charge in [0.05, 0.1) is 12.3 Å². The van der Waals surface area contributed by atoms with Gasteiger partial charge in [0.1, 0.15) is 0 Å². The molecule has 0 aromatic rings. The van der Waals surface area contributed by atoms with E-state index in [1.807, 2.05) is 13.8 Å². The van der Waals surface area contributed by atoms with E-state index >= 15 is 0 Å². The van der Waals surface area contributed by atoms with Crippen molar-refractivity contribution in [2.24, 2.45) is 16.7 Å². The summed E-state index contributed by atoms with van der Waals surface area (Å²) in [5.74, 6) is -1.01. The first-order valence-corrected chi connectivity index (χ1v) is 5.36. The highest BCUT2D eigenvalue weighted by atomic mass is 16.6. The molecule has 1 aliphatic heterocycles. The molecular weight excluding hydrogens is 192 g/mol. The van der Waals surface area contributed by atoms with Crippen molar-refractivity contribution >= 4 is 11.9 Å². The van der Waals surface area contributed by atoms with Gasteiger partial charge in [-0.2, -0.15) is 0 Å². The van der Waals surface area contributed by atoms with Gasteiger partial charge < -0.3 is 4.74 Å². The largest absolute Gasteiger partial charge is 0.393 e. The number of ether oxygens (including phenoxy) is 1. The fourth-order valence-electron chi connectivity index (χ4n) is 2.56. The second-order valence-electron chi connectivity index (χ2n) is 6.28. The maximum atomic E-state index is 11.5. The standard InChI is InChI=1S/C12H20O3/c1-11(2,3)7-12(4,5)8-6-9(13)15-10(8)14/h8H,6-7H2,1-5H3. The summed E-state index contributed by atoms with van der Waals surface area (Å²) in [5.41, 5.74) is -0.0308. The van der Waals surface area contributed by atoms with Crippen LogP contribution in [0.5, 0.6) is 0 Å². The van der Waals surface area contributed by atoms with Crippen LogP contribution in [0.15, 0.2) is 0 Å². The van der Waals surface area contributed by atoms with Crippen LogP contribution in [0.2, 0.25) is 0 Å². The van der Waals surface area contributed by atoms with Gasteiger partial charge in [-0.05, 0) is 17.3 Å². The van der Waals surface area contributed by atoms with E-state index < -0.39 is 0 Å². The SMILES string of the molecule is CC(C)(C)CC(C)(C)C1CC(=O)OC1=O. The number of carbonyl (C=O) groups is 2. The lowest BCUT2D eigenvalue weighted by molar-refractivity contribution is -0.154. The molecule has 1 heterocycles. The maximum Gasteiger partial charge on any atom is 0.317 e. The van der Waals surface area contributed by atoms with Crippen LogP contribution in [-0.4, -0.2) is 11.9 Å². The lowest BCUT2D eigenvalue weighted by atomic mass is 9.68. The van der Waals surface area contributed by atoms with Crippen LogP contribution in [-0.2, 0) is 14.3 Å². The average Bonchev–Trinajstić information content (AvgIpc) is 2.24. The number of hydrogen-bond acceptors (Lipinski definition) is 3. The van der Waals surface area contributed by atoms with Gasteiger partial charge in [0.25, 0.3) is 0 Å². The Labute approximate surface area is 91.2 Å². The minimum absolute atomic E-state index is 0.148. The lowest BCUT2D eigenvalue weighted by Crippen LogP contribution is -2.31. The molecule has 0 bridgehead atoms. The second-order valence-corrected chi connectivity index (χ2v) is 6.28. The topological polar surface area (TPSA) is 43.4 Å². The van der Waals surface area contributed by atoms with Gasteiger partial charge in [0.15, 0.2) is 0 Å². The molecule has 1 rings (SSSR count). The monoisotopic (exact) mass is 212 g/mol. The van der Waals surface area contributed by atoms with Crippen LogP contribution in [0.25, 0.3) is 0 Å². The smallest absolute Gasteiger partial charge is 0.317 e. The van der Waals surface area contributed by atoms with Gasteiger partial charge >= 0.3 is 11.9 Å². The van der Waals surface area contributed by atoms with E-state index in [4.69, 9.17) is 0 Å². The average molecular weight is 212 g/mol. The van der Waals surface area contributed by atoms with Gasteiger partial charge in [0, 0.05) is 0 Å². The summed E-state index contributed by atoms with van der Waals surface area (Å²) in [6.07, 6.45) is 1.13. The molecule has 0 N–H and O–H groups in total. The zero-order chi connectivity index (χ0) is 11.9. The molecule has 0 aromatic heterocycles. The third-order valence-electron chi connectivity index (χ3n) is 2.80. The molecular formula is C12H20O3. The summed E-state index contributed by atoms with van der Waals surface area (Å²) >= 11 is 0. The van der Waals surface area contributed by atoms with Gasteiger partial charge in [-0.3, -0.25) is 9.59 Å². The van der Waals surface area contributed by atoms with Crippen LogP contribution in [0.1, 0.15) is 47.5 Å². The molecule has 1 aliphatic rings. The van der Waals surface area contributed by atoms with Crippen molar-refractivity contribution in [1.29, 1.82) is 0 Å². The predicted molar refractivity (Wildman–Crippen MR) is 57.1 cm³/mol. The van der Waals surface area contributed by atoms with Crippen LogP contribution >= 0.6 is 0 Å². The second kappa shape index (κ2) is 3.62. The Kier molecular flexibility index (Phi) is 2.94. The molecule has 1 unspecified atom stereocenters. The highest BCUT2D eigenvalue weighted by molar-refractivity contribution is 5.95. The summed E-state index contributed by atoms with van der Waals surface area (Å²) in [6.45, 7) is 10.5. The van der Waals surface area contributed by atoms with Crippen molar-refractivity contribution in [3.63, 3.8) is 0 Å². The Morgan fingerprint density at radius 2 is 1.73 bits per heavy atom. The van der Waals surface area contributed by atoms with Crippen LogP contribution < -0.4 is 0 Å². The van der Waals surface area contributed by atoms with Gasteiger partial charge in [-0.15, -0.1) is 0 Å². The van der Waals surface area contributed by atoms with E-state index in [0.717, 1.165) is 6.42 Å². The normalized spacial score (nSPS) is 23.1. The van der Waals surface area contributed by atoms with Crippen molar-refractivity contribution in [2.75, 3.05) is 0 Å². The molecule has 3 nitrogen and oxygen atoms in total. The highest BCUT2D eigenvalue weighted by Crippen LogP contribution is 2.42. The summed E-state index contributed by atoms with van der Waals surface area (Å²) in [6, 6.07) is 0. The summed E-state index contributed by atoms with van der Waals surface area (Å²) in [5, 5.41) is 0. The Hall–Kier alpha value is -0.860. The van der Waals surface area contributed by atoms with Crippen molar-refractivity contribution in [1.82, 2.24) is 0 Å². The van der Waals surface area contributed by atoms with Gasteiger partial charge in [0.2, 0.25) is 0 Å².